The quantitative estimate of drug-likeness (QED) is 0.630. The molecular weight excluding hydrogens is 222 g/mol. The van der Waals surface area contributed by atoms with Gasteiger partial charge in [-0.1, -0.05) is 0 Å². The fraction of sp³-hybridized carbons (Fsp3) is 0.364. The number of nitrogens with zero attached hydrogens (tertiary/aromatic N) is 2. The van der Waals surface area contributed by atoms with Crippen LogP contribution in [0.15, 0.2) is 24.3 Å². The molecule has 1 saturated heterocycles. The molecule has 0 radical (unpaired) electrons. The molecule has 1 fully saturated rings. The summed E-state index contributed by atoms with van der Waals surface area (Å²) < 4.78 is 0. The third-order valence-corrected chi connectivity index (χ3v) is 2.72. The number of hydrogen-bond acceptors (Lipinski definition) is 3. The first kappa shape index (κ1) is 11.4. The predicted octanol–water partition coefficient (Wildman–Crippen LogP) is 2.22. The van der Waals surface area contributed by atoms with E-state index in [9.17, 15) is 14.9 Å². The molecule has 0 atom stereocenters. The number of urea groups is 1. The van der Waals surface area contributed by atoms with Gasteiger partial charge in [-0.25, -0.2) is 4.79 Å². The molecule has 1 aromatic carbocycles. The number of carbonyl (C=O) groups excluding carboxylic acids is 1. The second kappa shape index (κ2) is 4.82. The summed E-state index contributed by atoms with van der Waals surface area (Å²) >= 11 is 0. The van der Waals surface area contributed by atoms with Crippen LogP contribution in [0.2, 0.25) is 0 Å². The van der Waals surface area contributed by atoms with E-state index in [0.29, 0.717) is 5.69 Å². The fourth-order valence-corrected chi connectivity index (χ4v) is 1.79. The van der Waals surface area contributed by atoms with E-state index in [2.05, 4.69) is 5.32 Å². The lowest BCUT2D eigenvalue weighted by atomic mass is 10.3. The molecule has 0 aromatic heterocycles. The van der Waals surface area contributed by atoms with Gasteiger partial charge in [0.2, 0.25) is 0 Å². The summed E-state index contributed by atoms with van der Waals surface area (Å²) in [5.41, 5.74) is 0.594. The van der Waals surface area contributed by atoms with Crippen LogP contribution in [-0.4, -0.2) is 28.9 Å². The first-order valence-electron chi connectivity index (χ1n) is 5.47. The van der Waals surface area contributed by atoms with Crippen molar-refractivity contribution in [2.75, 3.05) is 18.4 Å². The molecule has 1 N–H and O–H groups in total. The standard InChI is InChI=1S/C11H13N3O3/c15-11(13-7-1-2-8-13)12-9-3-5-10(6-4-9)14(16)17/h3-6H,1-2,7-8H2,(H,12,15). The van der Waals surface area contributed by atoms with Gasteiger partial charge in [-0.15, -0.1) is 0 Å². The largest absolute Gasteiger partial charge is 0.325 e. The van der Waals surface area contributed by atoms with Gasteiger partial charge in [-0.05, 0) is 25.0 Å². The SMILES string of the molecule is O=C(Nc1ccc([N+](=O)[O-])cc1)N1CCCC1. The third-order valence-electron chi connectivity index (χ3n) is 2.72. The van der Waals surface area contributed by atoms with Gasteiger partial charge in [0.05, 0.1) is 4.92 Å². The van der Waals surface area contributed by atoms with Gasteiger partial charge in [0.15, 0.2) is 0 Å². The van der Waals surface area contributed by atoms with E-state index >= 15 is 0 Å². The second-order valence-corrected chi connectivity index (χ2v) is 3.93. The Hall–Kier alpha value is -2.11. The molecule has 0 aliphatic carbocycles. The first-order valence-corrected chi connectivity index (χ1v) is 5.47. The van der Waals surface area contributed by atoms with Gasteiger partial charge in [0, 0.05) is 30.9 Å². The van der Waals surface area contributed by atoms with E-state index in [1.165, 1.54) is 24.3 Å². The first-order chi connectivity index (χ1) is 8.16. The smallest absolute Gasteiger partial charge is 0.321 e. The van der Waals surface area contributed by atoms with E-state index < -0.39 is 4.92 Å². The Bertz CT molecular complexity index is 424. The van der Waals surface area contributed by atoms with Gasteiger partial charge in [0.1, 0.15) is 0 Å². The van der Waals surface area contributed by atoms with Gasteiger partial charge in [-0.3, -0.25) is 10.1 Å². The maximum atomic E-state index is 11.7. The normalized spacial score (nSPS) is 14.7. The van der Waals surface area contributed by atoms with Crippen LogP contribution in [0.4, 0.5) is 16.2 Å². The van der Waals surface area contributed by atoms with Crippen LogP contribution in [0.3, 0.4) is 0 Å². The molecule has 90 valence electrons. The third kappa shape index (κ3) is 2.72. The van der Waals surface area contributed by atoms with Crippen LogP contribution >= 0.6 is 0 Å². The lowest BCUT2D eigenvalue weighted by Gasteiger charge is -2.15. The van der Waals surface area contributed by atoms with Gasteiger partial charge < -0.3 is 10.2 Å². The van der Waals surface area contributed by atoms with Crippen molar-refractivity contribution in [1.82, 2.24) is 4.90 Å². The number of likely N-dealkylation sites (tertiary alicyclic amines) is 1. The Morgan fingerprint density at radius 2 is 1.82 bits per heavy atom. The number of nitrogens with one attached hydrogen (secondary N) is 1. The number of rotatable bonds is 2. The summed E-state index contributed by atoms with van der Waals surface area (Å²) in [7, 11) is 0. The number of nitro groups is 1. The summed E-state index contributed by atoms with van der Waals surface area (Å²) in [5, 5.41) is 13.2. The lowest BCUT2D eigenvalue weighted by Crippen LogP contribution is -2.32. The van der Waals surface area contributed by atoms with E-state index in [4.69, 9.17) is 0 Å². The molecule has 2 rings (SSSR count). The molecule has 17 heavy (non-hydrogen) atoms. The molecule has 1 aliphatic rings. The zero-order valence-electron chi connectivity index (χ0n) is 9.26. The summed E-state index contributed by atoms with van der Waals surface area (Å²) in [4.78, 5) is 23.4. The Balaban J connectivity index is 1.98. The fourth-order valence-electron chi connectivity index (χ4n) is 1.79. The molecular formula is C11H13N3O3. The van der Waals surface area contributed by atoms with Crippen LogP contribution in [0.25, 0.3) is 0 Å². The number of nitro benzene ring substituents is 1. The van der Waals surface area contributed by atoms with Crippen LogP contribution in [0, 0.1) is 10.1 Å². The minimum Gasteiger partial charge on any atom is -0.325 e. The van der Waals surface area contributed by atoms with Crippen LogP contribution in [0.1, 0.15) is 12.8 Å². The number of hydrogen-bond donors (Lipinski definition) is 1. The van der Waals surface area contributed by atoms with E-state index in [1.54, 1.807) is 4.90 Å². The van der Waals surface area contributed by atoms with E-state index in [1.807, 2.05) is 0 Å². The summed E-state index contributed by atoms with van der Waals surface area (Å²) in [6, 6.07) is 5.67. The molecule has 1 heterocycles. The highest BCUT2D eigenvalue weighted by atomic mass is 16.6. The van der Waals surface area contributed by atoms with Gasteiger partial charge in [0.25, 0.3) is 5.69 Å². The highest BCUT2D eigenvalue weighted by Crippen LogP contribution is 2.16. The highest BCUT2D eigenvalue weighted by Gasteiger charge is 2.17. The zero-order valence-corrected chi connectivity index (χ0v) is 9.26. The maximum absolute atomic E-state index is 11.7. The van der Waals surface area contributed by atoms with Crippen molar-refractivity contribution in [2.45, 2.75) is 12.8 Å². The van der Waals surface area contributed by atoms with Crippen molar-refractivity contribution in [2.24, 2.45) is 0 Å². The van der Waals surface area contributed by atoms with Crippen molar-refractivity contribution in [1.29, 1.82) is 0 Å². The predicted molar refractivity (Wildman–Crippen MR) is 62.9 cm³/mol. The molecule has 6 nitrogen and oxygen atoms in total. The molecule has 2 amide bonds. The summed E-state index contributed by atoms with van der Waals surface area (Å²) in [6.45, 7) is 1.55. The van der Waals surface area contributed by atoms with E-state index in [0.717, 1.165) is 25.9 Å². The number of benzene rings is 1. The molecule has 0 bridgehead atoms. The van der Waals surface area contributed by atoms with Gasteiger partial charge >= 0.3 is 6.03 Å². The Morgan fingerprint density at radius 3 is 2.35 bits per heavy atom. The average molecular weight is 235 g/mol. The van der Waals surface area contributed by atoms with Crippen molar-refractivity contribution >= 4 is 17.4 Å². The Kier molecular flexibility index (Phi) is 3.22. The number of amides is 2. The highest BCUT2D eigenvalue weighted by molar-refractivity contribution is 5.89. The number of carbonyl (C=O) groups is 1. The molecule has 1 aliphatic heterocycles. The minimum absolute atomic E-state index is 0.0178. The topological polar surface area (TPSA) is 75.5 Å². The number of non-ortho nitro benzene ring substituents is 1. The van der Waals surface area contributed by atoms with Crippen molar-refractivity contribution in [3.8, 4) is 0 Å². The minimum atomic E-state index is -0.466. The van der Waals surface area contributed by atoms with Crippen molar-refractivity contribution in [3.05, 3.63) is 34.4 Å². The van der Waals surface area contributed by atoms with Crippen LogP contribution < -0.4 is 5.32 Å². The molecule has 6 heteroatoms. The van der Waals surface area contributed by atoms with E-state index in [-0.39, 0.29) is 11.7 Å². The molecule has 0 spiro atoms. The lowest BCUT2D eigenvalue weighted by molar-refractivity contribution is -0.384. The molecule has 1 aromatic rings. The summed E-state index contributed by atoms with van der Waals surface area (Å²) in [6.07, 6.45) is 2.07. The van der Waals surface area contributed by atoms with Crippen molar-refractivity contribution < 1.29 is 9.72 Å². The zero-order chi connectivity index (χ0) is 12.3. The monoisotopic (exact) mass is 235 g/mol. The van der Waals surface area contributed by atoms with Crippen LogP contribution in [0.5, 0.6) is 0 Å². The molecule has 0 saturated carbocycles. The van der Waals surface area contributed by atoms with Crippen molar-refractivity contribution in [3.63, 3.8) is 0 Å². The Labute approximate surface area is 98.4 Å². The maximum Gasteiger partial charge on any atom is 0.321 e. The Morgan fingerprint density at radius 1 is 1.24 bits per heavy atom. The number of anilines is 1. The second-order valence-electron chi connectivity index (χ2n) is 3.93. The van der Waals surface area contributed by atoms with Crippen LogP contribution in [-0.2, 0) is 0 Å². The summed E-state index contributed by atoms with van der Waals surface area (Å²) in [5.74, 6) is 0. The molecule has 0 unspecified atom stereocenters. The average Bonchev–Trinajstić information content (AvgIpc) is 2.83. The van der Waals surface area contributed by atoms with Gasteiger partial charge in [-0.2, -0.15) is 0 Å².